The fourth-order valence-electron chi connectivity index (χ4n) is 2.79. The molecule has 0 amide bonds. The fourth-order valence-corrected chi connectivity index (χ4v) is 3.02. The summed E-state index contributed by atoms with van der Waals surface area (Å²) in [5.41, 5.74) is -0.0441. The number of alkyl halides is 4. The molecular weight excluding hydrogens is 535 g/mol. The molecule has 0 spiro atoms. The fraction of sp³-hybridized carbons (Fsp3) is 0.458. The Bertz CT molecular complexity index is 884. The predicted molar refractivity (Wildman–Crippen MR) is 129 cm³/mol. The number of rotatable bonds is 17. The first-order chi connectivity index (χ1) is 16.9. The van der Waals surface area contributed by atoms with Crippen molar-refractivity contribution in [3.05, 3.63) is 59.7 Å². The van der Waals surface area contributed by atoms with E-state index >= 15 is 0 Å². The maximum atomic E-state index is 12.9. The normalized spacial score (nSPS) is 11.4. The molecule has 2 aromatic rings. The largest absolute Gasteiger partial charge is 0.460 e. The second-order valence-electron chi connectivity index (χ2n) is 7.02. The summed E-state index contributed by atoms with van der Waals surface area (Å²) in [5.74, 6) is -0.614. The highest BCUT2D eigenvalue weighted by Gasteiger charge is 2.30. The van der Waals surface area contributed by atoms with Crippen molar-refractivity contribution in [2.45, 2.75) is 6.18 Å². The third-order valence-corrected chi connectivity index (χ3v) is 4.74. The summed E-state index contributed by atoms with van der Waals surface area (Å²) in [6.07, 6.45) is -4.46. The first-order valence-electron chi connectivity index (χ1n) is 11.0. The van der Waals surface area contributed by atoms with Gasteiger partial charge in [-0.25, -0.2) is 4.79 Å². The summed E-state index contributed by atoms with van der Waals surface area (Å²) in [6.45, 7) is 3.51. The van der Waals surface area contributed by atoms with Crippen molar-refractivity contribution < 1.29 is 41.7 Å². The van der Waals surface area contributed by atoms with Gasteiger partial charge in [0.1, 0.15) is 6.61 Å². The maximum Gasteiger partial charge on any atom is 0.416 e. The van der Waals surface area contributed by atoms with Crippen LogP contribution >= 0.6 is 15.9 Å². The van der Waals surface area contributed by atoms with E-state index in [1.54, 1.807) is 18.2 Å². The van der Waals surface area contributed by atoms with Crippen LogP contribution < -0.4 is 5.32 Å². The number of hydrogen-bond acceptors (Lipinski definition) is 7. The molecule has 194 valence electrons. The van der Waals surface area contributed by atoms with E-state index in [-0.39, 0.29) is 24.5 Å². The Balaban J connectivity index is 1.64. The molecule has 0 heterocycles. The number of hydrogen-bond donors (Lipinski definition) is 1. The average Bonchev–Trinajstić information content (AvgIpc) is 2.84. The molecule has 0 saturated carbocycles. The summed E-state index contributed by atoms with van der Waals surface area (Å²) in [5, 5.41) is 3.64. The van der Waals surface area contributed by atoms with E-state index in [4.69, 9.17) is 23.7 Å². The van der Waals surface area contributed by atoms with Gasteiger partial charge in [0.05, 0.1) is 69.7 Å². The molecular formula is C24H29BrF3NO6. The maximum absolute atomic E-state index is 12.9. The molecule has 7 nitrogen and oxygen atoms in total. The van der Waals surface area contributed by atoms with Crippen LogP contribution in [-0.2, 0) is 29.9 Å². The number of anilines is 2. The Hall–Kier alpha value is -2.18. The molecule has 0 aliphatic heterocycles. The van der Waals surface area contributed by atoms with E-state index in [1.165, 1.54) is 18.2 Å². The minimum atomic E-state index is -4.46. The van der Waals surface area contributed by atoms with Crippen LogP contribution in [-0.4, -0.2) is 70.8 Å². The molecule has 35 heavy (non-hydrogen) atoms. The van der Waals surface area contributed by atoms with Gasteiger partial charge in [-0.2, -0.15) is 13.2 Å². The van der Waals surface area contributed by atoms with E-state index in [0.29, 0.717) is 51.9 Å². The average molecular weight is 564 g/mol. The molecule has 0 unspecified atom stereocenters. The SMILES string of the molecule is O=C(OCCOCCOCCOCCOCCBr)c1ccccc1Nc1cccc(C(F)(F)F)c1. The lowest BCUT2D eigenvalue weighted by Crippen LogP contribution is -2.15. The number of carbonyl (C=O) groups is 1. The highest BCUT2D eigenvalue weighted by molar-refractivity contribution is 9.09. The van der Waals surface area contributed by atoms with Gasteiger partial charge in [0.15, 0.2) is 0 Å². The Kier molecular flexibility index (Phi) is 13.7. The first kappa shape index (κ1) is 29.1. The lowest BCUT2D eigenvalue weighted by Gasteiger charge is -2.13. The van der Waals surface area contributed by atoms with Crippen molar-refractivity contribution >= 4 is 33.3 Å². The highest BCUT2D eigenvalue weighted by atomic mass is 79.9. The van der Waals surface area contributed by atoms with Crippen LogP contribution in [0.2, 0.25) is 0 Å². The molecule has 0 fully saturated rings. The zero-order valence-corrected chi connectivity index (χ0v) is 20.7. The van der Waals surface area contributed by atoms with Crippen LogP contribution in [0.3, 0.4) is 0 Å². The van der Waals surface area contributed by atoms with E-state index in [1.807, 2.05) is 0 Å². The van der Waals surface area contributed by atoms with Gasteiger partial charge in [-0.3, -0.25) is 0 Å². The van der Waals surface area contributed by atoms with Crippen LogP contribution in [0, 0.1) is 0 Å². The van der Waals surface area contributed by atoms with Gasteiger partial charge in [-0.05, 0) is 30.3 Å². The molecule has 11 heteroatoms. The van der Waals surface area contributed by atoms with Crippen LogP contribution in [0.4, 0.5) is 24.5 Å². The van der Waals surface area contributed by atoms with E-state index in [9.17, 15) is 18.0 Å². The Labute approximate surface area is 211 Å². The van der Waals surface area contributed by atoms with Crippen LogP contribution in [0.15, 0.2) is 48.5 Å². The van der Waals surface area contributed by atoms with Crippen LogP contribution in [0.25, 0.3) is 0 Å². The topological polar surface area (TPSA) is 75.3 Å². The third kappa shape index (κ3) is 11.9. The molecule has 1 N–H and O–H groups in total. The number of carbonyl (C=O) groups excluding carboxylic acids is 1. The third-order valence-electron chi connectivity index (χ3n) is 4.41. The second-order valence-corrected chi connectivity index (χ2v) is 7.82. The van der Waals surface area contributed by atoms with Gasteiger partial charge >= 0.3 is 12.1 Å². The van der Waals surface area contributed by atoms with Gasteiger partial charge in [0.25, 0.3) is 0 Å². The minimum Gasteiger partial charge on any atom is -0.460 e. The van der Waals surface area contributed by atoms with Crippen molar-refractivity contribution in [1.82, 2.24) is 0 Å². The molecule has 2 rings (SSSR count). The molecule has 2 aromatic carbocycles. The summed E-state index contributed by atoms with van der Waals surface area (Å²) >= 11 is 3.27. The van der Waals surface area contributed by atoms with E-state index < -0.39 is 17.7 Å². The van der Waals surface area contributed by atoms with Gasteiger partial charge in [-0.15, -0.1) is 0 Å². The molecule has 0 saturated heterocycles. The summed E-state index contributed by atoms with van der Waals surface area (Å²) in [7, 11) is 0. The molecule has 0 atom stereocenters. The Morgan fingerprint density at radius 2 is 1.34 bits per heavy atom. The van der Waals surface area contributed by atoms with Gasteiger partial charge in [0.2, 0.25) is 0 Å². The van der Waals surface area contributed by atoms with Gasteiger partial charge < -0.3 is 29.0 Å². The van der Waals surface area contributed by atoms with Gasteiger partial charge in [-0.1, -0.05) is 34.1 Å². The number of para-hydroxylation sites is 1. The Morgan fingerprint density at radius 3 is 1.94 bits per heavy atom. The quantitative estimate of drug-likeness (QED) is 0.164. The number of halogens is 4. The lowest BCUT2D eigenvalue weighted by atomic mass is 10.1. The van der Waals surface area contributed by atoms with E-state index in [2.05, 4.69) is 21.2 Å². The monoisotopic (exact) mass is 563 g/mol. The number of esters is 1. The van der Waals surface area contributed by atoms with Crippen molar-refractivity contribution in [3.63, 3.8) is 0 Å². The molecule has 0 aliphatic carbocycles. The molecule has 0 aliphatic rings. The molecule has 0 bridgehead atoms. The number of benzene rings is 2. The first-order valence-corrected chi connectivity index (χ1v) is 12.1. The zero-order chi connectivity index (χ0) is 25.4. The van der Waals surface area contributed by atoms with Crippen molar-refractivity contribution in [2.24, 2.45) is 0 Å². The number of nitrogens with one attached hydrogen (secondary N) is 1. The zero-order valence-electron chi connectivity index (χ0n) is 19.2. The summed E-state index contributed by atoms with van der Waals surface area (Å²) < 4.78 is 65.4. The van der Waals surface area contributed by atoms with Gasteiger partial charge in [0, 0.05) is 11.0 Å². The number of ether oxygens (including phenoxy) is 5. The smallest absolute Gasteiger partial charge is 0.416 e. The summed E-state index contributed by atoms with van der Waals surface area (Å²) in [4.78, 5) is 12.5. The van der Waals surface area contributed by atoms with Crippen molar-refractivity contribution in [1.29, 1.82) is 0 Å². The Morgan fingerprint density at radius 1 is 0.771 bits per heavy atom. The van der Waals surface area contributed by atoms with Crippen molar-refractivity contribution in [3.8, 4) is 0 Å². The summed E-state index contributed by atoms with van der Waals surface area (Å²) in [6, 6.07) is 11.2. The minimum absolute atomic E-state index is 0.0221. The molecule has 0 radical (unpaired) electrons. The van der Waals surface area contributed by atoms with E-state index in [0.717, 1.165) is 17.5 Å². The van der Waals surface area contributed by atoms with Crippen molar-refractivity contribution in [2.75, 3.05) is 70.1 Å². The predicted octanol–water partition coefficient (Wildman–Crippen LogP) is 5.07. The lowest BCUT2D eigenvalue weighted by molar-refractivity contribution is -0.137. The standard InChI is InChI=1S/C24H29BrF3NO6/c25-8-9-31-10-11-32-12-13-33-14-15-34-16-17-35-23(30)21-6-1-2-7-22(21)29-20-5-3-4-19(18-20)24(26,27)28/h1-7,18,29H,8-17H2. The van der Waals surface area contributed by atoms with Crippen LogP contribution in [0.1, 0.15) is 15.9 Å². The molecule has 0 aromatic heterocycles. The highest BCUT2D eigenvalue weighted by Crippen LogP contribution is 2.32. The van der Waals surface area contributed by atoms with Crippen LogP contribution in [0.5, 0.6) is 0 Å². The second kappa shape index (κ2) is 16.5.